The summed E-state index contributed by atoms with van der Waals surface area (Å²) in [6.07, 6.45) is 0.623. The third-order valence-electron chi connectivity index (χ3n) is 12.3. The van der Waals surface area contributed by atoms with Crippen LogP contribution in [0.1, 0.15) is 98.4 Å². The molecule has 20 nitrogen and oxygen atoms in total. The van der Waals surface area contributed by atoms with E-state index in [0.29, 0.717) is 51.8 Å². The number of amides is 6. The van der Waals surface area contributed by atoms with Crippen LogP contribution >= 0.6 is 0 Å². The molecular weight excluding hydrogens is 933 g/mol. The second-order valence-electron chi connectivity index (χ2n) is 19.0. The molecule has 11 N–H and O–H groups in total. The number of benzene rings is 3. The molecule has 1 aromatic heterocycles. The van der Waals surface area contributed by atoms with E-state index in [1.54, 1.807) is 50.2 Å². The Kier molecular flexibility index (Phi) is 19.9. The molecule has 0 fully saturated rings. The van der Waals surface area contributed by atoms with Crippen LogP contribution in [0.5, 0.6) is 11.5 Å². The first-order valence-corrected chi connectivity index (χ1v) is 24.5. The van der Waals surface area contributed by atoms with E-state index < -0.39 is 65.7 Å². The fourth-order valence-corrected chi connectivity index (χ4v) is 8.48. The highest BCUT2D eigenvalue weighted by Gasteiger charge is 2.37. The van der Waals surface area contributed by atoms with Crippen LogP contribution in [-0.2, 0) is 35.8 Å². The average molecular weight is 1000 g/mol. The van der Waals surface area contributed by atoms with Crippen LogP contribution in [-0.4, -0.2) is 121 Å². The van der Waals surface area contributed by atoms with Crippen molar-refractivity contribution in [2.45, 2.75) is 110 Å². The number of aromatic nitrogens is 2. The normalized spacial score (nSPS) is 16.5. The van der Waals surface area contributed by atoms with E-state index in [-0.39, 0.29) is 75.2 Å². The van der Waals surface area contributed by atoms with E-state index >= 15 is 0 Å². The van der Waals surface area contributed by atoms with Crippen molar-refractivity contribution in [2.24, 2.45) is 17.2 Å². The van der Waals surface area contributed by atoms with Gasteiger partial charge in [-0.2, -0.15) is 5.26 Å². The van der Waals surface area contributed by atoms with Crippen LogP contribution in [0.25, 0.3) is 22.5 Å². The second kappa shape index (κ2) is 25.8. The lowest BCUT2D eigenvalue weighted by Crippen LogP contribution is -2.57. The first-order valence-electron chi connectivity index (χ1n) is 24.5. The van der Waals surface area contributed by atoms with Gasteiger partial charge in [0.25, 0.3) is 5.91 Å². The summed E-state index contributed by atoms with van der Waals surface area (Å²) in [5, 5.41) is 22.7. The van der Waals surface area contributed by atoms with Gasteiger partial charge >= 0.3 is 0 Å². The lowest BCUT2D eigenvalue weighted by atomic mass is 9.86. The van der Waals surface area contributed by atoms with Crippen molar-refractivity contribution in [3.8, 4) is 40.1 Å². The zero-order valence-electron chi connectivity index (χ0n) is 43.0. The molecule has 0 aliphatic carbocycles. The molecule has 5 rings (SSSR count). The van der Waals surface area contributed by atoms with Crippen molar-refractivity contribution >= 4 is 35.4 Å². The van der Waals surface area contributed by atoms with Gasteiger partial charge in [-0.3, -0.25) is 28.8 Å². The highest BCUT2D eigenvalue weighted by molar-refractivity contribution is 6.00. The number of likely N-dealkylation sites (N-methyl/N-ethyl adjacent to an activating group) is 1. The molecule has 20 heteroatoms. The monoisotopic (exact) mass is 1000 g/mol. The minimum atomic E-state index is -1.45. The van der Waals surface area contributed by atoms with Crippen molar-refractivity contribution in [1.29, 1.82) is 5.26 Å². The Balaban J connectivity index is 1.51. The number of nitrogens with two attached hydrogens (primary N) is 3. The number of hydrogen-bond donors (Lipinski definition) is 8. The smallest absolute Gasteiger partial charge is 0.255 e. The summed E-state index contributed by atoms with van der Waals surface area (Å²) in [5.41, 5.74) is 22.5. The Morgan fingerprint density at radius 3 is 2.03 bits per heavy atom. The molecule has 1 aliphatic rings. The summed E-state index contributed by atoms with van der Waals surface area (Å²) in [7, 11) is 1.39. The summed E-state index contributed by atoms with van der Waals surface area (Å²) in [4.78, 5) is 95.5. The van der Waals surface area contributed by atoms with Gasteiger partial charge in [0.1, 0.15) is 61.5 Å². The number of fused-ring (bicyclic) bond motifs is 5. The molecule has 6 amide bonds. The van der Waals surface area contributed by atoms with Gasteiger partial charge in [0, 0.05) is 43.2 Å². The van der Waals surface area contributed by atoms with Crippen LogP contribution in [0.15, 0.2) is 60.7 Å². The predicted octanol–water partition coefficient (Wildman–Crippen LogP) is 2.52. The Morgan fingerprint density at radius 2 is 1.45 bits per heavy atom. The first-order chi connectivity index (χ1) is 34.8. The number of nitrogens with zero attached hydrogens (tertiary/aromatic N) is 4. The van der Waals surface area contributed by atoms with Crippen molar-refractivity contribution in [3.05, 3.63) is 94.3 Å². The zero-order valence-corrected chi connectivity index (χ0v) is 43.0. The van der Waals surface area contributed by atoms with Gasteiger partial charge in [-0.1, -0.05) is 70.5 Å². The molecule has 0 spiro atoms. The average Bonchev–Trinajstić information content (AvgIpc) is 3.35. The standard InChI is InChI=1S/C53H70N12O8/c1-9-10-39(62-50(69)44-30(2)59-46(60-31(44)3)34-12-15-36(16-13-34)53(5,6)7)49(68)63-40(19-20-54)52(71)65(8)45-35-14-18-43(73-26-23-57)38(29-35)37-27-33(11-17-42(37)72-25-22-56)28-41(48(67)58-24-21-55)64-47(66)32(4)61-51(45)70/h11-18,27,29,32,39-41,45H,9-10,19-20,22-26,28,54,56-57H2,1-8H3,(H,58,67)(H,61,70)(H,62,69)(H,63,68)(H,64,66)/t32-,39-,40-,41-,45-/m0/s1. The molecule has 4 bridgehead atoms. The van der Waals surface area contributed by atoms with Crippen molar-refractivity contribution in [1.82, 2.24) is 41.5 Å². The Morgan fingerprint density at radius 1 is 0.836 bits per heavy atom. The van der Waals surface area contributed by atoms with Gasteiger partial charge in [0.05, 0.1) is 23.0 Å². The van der Waals surface area contributed by atoms with Gasteiger partial charge in [-0.05, 0) is 86.5 Å². The molecule has 0 unspecified atom stereocenters. The molecule has 73 heavy (non-hydrogen) atoms. The summed E-state index contributed by atoms with van der Waals surface area (Å²) < 4.78 is 12.2. The van der Waals surface area contributed by atoms with E-state index in [9.17, 15) is 34.0 Å². The third kappa shape index (κ3) is 14.4. The molecule has 2 heterocycles. The van der Waals surface area contributed by atoms with Crippen LogP contribution < -0.4 is 53.3 Å². The van der Waals surface area contributed by atoms with Gasteiger partial charge in [-0.25, -0.2) is 9.97 Å². The number of rotatable bonds is 19. The van der Waals surface area contributed by atoms with Crippen LogP contribution in [0.3, 0.4) is 0 Å². The largest absolute Gasteiger partial charge is 0.492 e. The topological polar surface area (TPSA) is 312 Å². The summed E-state index contributed by atoms with van der Waals surface area (Å²) in [6.45, 7) is 13.3. The number of hydrogen-bond acceptors (Lipinski definition) is 14. The Hall–Kier alpha value is -7.47. The number of carbonyl (C=O) groups is 6. The van der Waals surface area contributed by atoms with Gasteiger partial charge in [0.2, 0.25) is 29.5 Å². The van der Waals surface area contributed by atoms with E-state index in [1.807, 2.05) is 37.3 Å². The van der Waals surface area contributed by atoms with Crippen molar-refractivity contribution < 1.29 is 38.2 Å². The number of nitriles is 1. The van der Waals surface area contributed by atoms with Gasteiger partial charge in [0.15, 0.2) is 5.82 Å². The maximum absolute atomic E-state index is 14.8. The second-order valence-corrected chi connectivity index (χ2v) is 19.0. The first kappa shape index (κ1) is 56.4. The maximum atomic E-state index is 14.8. The fourth-order valence-electron chi connectivity index (χ4n) is 8.48. The molecular formula is C53H70N12O8. The van der Waals surface area contributed by atoms with E-state index in [0.717, 1.165) is 16.0 Å². The maximum Gasteiger partial charge on any atom is 0.255 e. The molecule has 5 atom stereocenters. The van der Waals surface area contributed by atoms with Gasteiger partial charge < -0.3 is 58.2 Å². The Bertz CT molecular complexity index is 2660. The van der Waals surface area contributed by atoms with E-state index in [1.165, 1.54) is 14.0 Å². The lowest BCUT2D eigenvalue weighted by molar-refractivity contribution is -0.143. The van der Waals surface area contributed by atoms with Crippen molar-refractivity contribution in [2.75, 3.05) is 46.4 Å². The third-order valence-corrected chi connectivity index (χ3v) is 12.3. The van der Waals surface area contributed by atoms with Crippen molar-refractivity contribution in [3.63, 3.8) is 0 Å². The highest BCUT2D eigenvalue weighted by atomic mass is 16.5. The van der Waals surface area contributed by atoms with E-state index in [4.69, 9.17) is 26.7 Å². The van der Waals surface area contributed by atoms with Crippen LogP contribution in [0, 0.1) is 25.2 Å². The molecule has 0 radical (unpaired) electrons. The highest BCUT2D eigenvalue weighted by Crippen LogP contribution is 2.40. The molecule has 4 aromatic rings. The number of ether oxygens (including phenoxy) is 2. The van der Waals surface area contributed by atoms with Crippen LogP contribution in [0.2, 0.25) is 0 Å². The zero-order chi connectivity index (χ0) is 53.6. The minimum absolute atomic E-state index is 0.0161. The minimum Gasteiger partial charge on any atom is -0.492 e. The number of carbonyl (C=O) groups excluding carboxylic acids is 6. The summed E-state index contributed by atoms with van der Waals surface area (Å²) >= 11 is 0. The quantitative estimate of drug-likeness (QED) is 0.0627. The summed E-state index contributed by atoms with van der Waals surface area (Å²) in [5.74, 6) is -2.91. The molecule has 1 aliphatic heterocycles. The molecule has 390 valence electrons. The molecule has 0 saturated carbocycles. The molecule has 0 saturated heterocycles. The molecule has 3 aromatic carbocycles. The predicted molar refractivity (Wildman–Crippen MR) is 276 cm³/mol. The number of aryl methyl sites for hydroxylation is 2. The lowest BCUT2D eigenvalue weighted by Gasteiger charge is -2.33. The number of nitrogens with one attached hydrogen (secondary N) is 5. The summed E-state index contributed by atoms with van der Waals surface area (Å²) in [6, 6.07) is 13.6. The van der Waals surface area contributed by atoms with Gasteiger partial charge in [-0.15, -0.1) is 0 Å². The van der Waals surface area contributed by atoms with E-state index in [2.05, 4.69) is 57.3 Å². The van der Waals surface area contributed by atoms with Crippen LogP contribution in [0.4, 0.5) is 0 Å². The fraction of sp³-hybridized carbons (Fsp3) is 0.453. The SMILES string of the molecule is CCC[C@H](NC(=O)c1c(C)nc(-c2ccc(C(C)(C)C)cc2)nc1C)C(=O)N[C@@H](CCN)C(=O)N(C)[C@@H]1C(=O)N[C@@H](C)C(=O)N[C@H](C(=O)NCC#N)Cc2ccc(OCCN)c(c2)-c2cc1ccc2OCCN. The Labute approximate surface area is 426 Å².